The quantitative estimate of drug-likeness (QED) is 0.526. The van der Waals surface area contributed by atoms with Crippen LogP contribution in [0.25, 0.3) is 22.5 Å². The molecule has 3 aromatic rings. The van der Waals surface area contributed by atoms with Gasteiger partial charge >= 0.3 is 5.97 Å². The summed E-state index contributed by atoms with van der Waals surface area (Å²) in [6.07, 6.45) is 4.68. The van der Waals surface area contributed by atoms with E-state index in [4.69, 9.17) is 9.47 Å². The van der Waals surface area contributed by atoms with E-state index in [2.05, 4.69) is 31.9 Å². The number of pyridine rings is 1. The van der Waals surface area contributed by atoms with Gasteiger partial charge in [0, 0.05) is 62.8 Å². The second-order valence-corrected chi connectivity index (χ2v) is 9.78. The molecule has 4 rings (SSSR count). The first-order valence-corrected chi connectivity index (χ1v) is 11.4. The van der Waals surface area contributed by atoms with Crippen LogP contribution in [0.5, 0.6) is 5.75 Å². The molecule has 34 heavy (non-hydrogen) atoms. The van der Waals surface area contributed by atoms with Gasteiger partial charge in [0.25, 0.3) is 0 Å². The zero-order valence-electron chi connectivity index (χ0n) is 20.3. The van der Waals surface area contributed by atoms with Gasteiger partial charge in [0.1, 0.15) is 11.3 Å². The molecule has 0 aliphatic carbocycles. The highest BCUT2D eigenvalue weighted by atomic mass is 16.5. The highest BCUT2D eigenvalue weighted by Gasteiger charge is 2.34. The van der Waals surface area contributed by atoms with E-state index in [1.54, 1.807) is 18.0 Å². The predicted octanol–water partition coefficient (Wildman–Crippen LogP) is 4.17. The van der Waals surface area contributed by atoms with Gasteiger partial charge in [-0.15, -0.1) is 0 Å². The summed E-state index contributed by atoms with van der Waals surface area (Å²) in [6, 6.07) is 7.43. The summed E-state index contributed by atoms with van der Waals surface area (Å²) in [5, 5.41) is 13.9. The van der Waals surface area contributed by atoms with Crippen molar-refractivity contribution in [2.45, 2.75) is 39.7 Å². The van der Waals surface area contributed by atoms with Crippen LogP contribution in [0.3, 0.4) is 0 Å². The molecule has 1 aliphatic rings. The summed E-state index contributed by atoms with van der Waals surface area (Å²) in [4.78, 5) is 24.4. The number of fused-ring (bicyclic) bond motifs is 3. The number of methoxy groups -OCH3 is 1. The molecule has 1 unspecified atom stereocenters. The van der Waals surface area contributed by atoms with E-state index >= 15 is 0 Å². The maximum Gasteiger partial charge on any atom is 0.341 e. The topological polar surface area (TPSA) is 95.6 Å². The minimum atomic E-state index is -1.21. The molecule has 3 heterocycles. The summed E-state index contributed by atoms with van der Waals surface area (Å²) < 4.78 is 15.1. The van der Waals surface area contributed by atoms with Crippen molar-refractivity contribution >= 4 is 5.97 Å². The van der Waals surface area contributed by atoms with Gasteiger partial charge in [-0.1, -0.05) is 20.8 Å². The number of aromatic nitrogens is 3. The van der Waals surface area contributed by atoms with Gasteiger partial charge in [0.2, 0.25) is 0 Å². The van der Waals surface area contributed by atoms with Gasteiger partial charge in [-0.3, -0.25) is 9.48 Å². The molecule has 0 saturated carbocycles. The zero-order chi connectivity index (χ0) is 24.6. The molecule has 1 aromatic carbocycles. The SMILES string of the molecule is COCCCOc1cc2c(cc1-c1ccnn1C)-c1cc(=O)c(C(=O)O)cn1C(C(C)(C)C)C2. The lowest BCUT2D eigenvalue weighted by Crippen LogP contribution is -2.32. The number of carboxylic acids is 1. The van der Waals surface area contributed by atoms with Crippen LogP contribution in [0.15, 0.2) is 41.5 Å². The Hall–Kier alpha value is -3.39. The molecule has 0 spiro atoms. The highest BCUT2D eigenvalue weighted by molar-refractivity contribution is 5.88. The van der Waals surface area contributed by atoms with Crippen molar-refractivity contribution in [3.63, 3.8) is 0 Å². The van der Waals surface area contributed by atoms with Crippen LogP contribution in [0.4, 0.5) is 0 Å². The first-order chi connectivity index (χ1) is 16.1. The number of hydrogen-bond acceptors (Lipinski definition) is 5. The second-order valence-electron chi connectivity index (χ2n) is 9.78. The van der Waals surface area contributed by atoms with Crippen LogP contribution in [0, 0.1) is 5.41 Å². The number of aromatic carboxylic acids is 1. The summed E-state index contributed by atoms with van der Waals surface area (Å²) >= 11 is 0. The molecule has 0 fully saturated rings. The fourth-order valence-electron chi connectivity index (χ4n) is 4.59. The van der Waals surface area contributed by atoms with Crippen LogP contribution in [0.1, 0.15) is 49.2 Å². The van der Waals surface area contributed by atoms with Crippen molar-refractivity contribution in [2.75, 3.05) is 20.3 Å². The summed E-state index contributed by atoms with van der Waals surface area (Å²) in [5.74, 6) is -0.460. The summed E-state index contributed by atoms with van der Waals surface area (Å²) in [7, 11) is 3.54. The number of hydrogen-bond donors (Lipinski definition) is 1. The van der Waals surface area contributed by atoms with E-state index in [0.29, 0.717) is 25.3 Å². The van der Waals surface area contributed by atoms with E-state index in [0.717, 1.165) is 34.6 Å². The van der Waals surface area contributed by atoms with E-state index in [1.807, 2.05) is 23.7 Å². The van der Waals surface area contributed by atoms with Gasteiger partial charge in [-0.25, -0.2) is 4.79 Å². The number of aryl methyl sites for hydroxylation is 1. The monoisotopic (exact) mass is 465 g/mol. The van der Waals surface area contributed by atoms with Crippen LogP contribution in [-0.4, -0.2) is 45.7 Å². The van der Waals surface area contributed by atoms with Gasteiger partial charge in [0.05, 0.1) is 18.0 Å². The van der Waals surface area contributed by atoms with Gasteiger partial charge in [0.15, 0.2) is 5.43 Å². The average Bonchev–Trinajstić information content (AvgIpc) is 3.20. The maximum atomic E-state index is 12.7. The molecule has 8 nitrogen and oxygen atoms in total. The van der Waals surface area contributed by atoms with Crippen molar-refractivity contribution in [1.29, 1.82) is 0 Å². The predicted molar refractivity (Wildman–Crippen MR) is 129 cm³/mol. The number of ether oxygens (including phenoxy) is 2. The Kier molecular flexibility index (Phi) is 6.36. The first-order valence-electron chi connectivity index (χ1n) is 11.4. The van der Waals surface area contributed by atoms with Gasteiger partial charge in [-0.2, -0.15) is 5.10 Å². The second kappa shape index (κ2) is 9.10. The third kappa shape index (κ3) is 4.37. The van der Waals surface area contributed by atoms with E-state index in [9.17, 15) is 14.7 Å². The highest BCUT2D eigenvalue weighted by Crippen LogP contribution is 2.45. The smallest absolute Gasteiger partial charge is 0.341 e. The van der Waals surface area contributed by atoms with Crippen molar-refractivity contribution in [3.8, 4) is 28.3 Å². The molecular weight excluding hydrogens is 434 g/mol. The molecule has 1 aliphatic heterocycles. The molecule has 1 atom stereocenters. The first kappa shape index (κ1) is 23.8. The largest absolute Gasteiger partial charge is 0.493 e. The molecule has 0 saturated heterocycles. The van der Waals surface area contributed by atoms with Crippen molar-refractivity contribution in [1.82, 2.24) is 14.3 Å². The minimum Gasteiger partial charge on any atom is -0.493 e. The van der Waals surface area contributed by atoms with Gasteiger partial charge < -0.3 is 19.1 Å². The third-order valence-corrected chi connectivity index (χ3v) is 6.39. The van der Waals surface area contributed by atoms with E-state index in [-0.39, 0.29) is 17.0 Å². The van der Waals surface area contributed by atoms with Crippen LogP contribution in [0.2, 0.25) is 0 Å². The van der Waals surface area contributed by atoms with E-state index in [1.165, 1.54) is 12.3 Å². The van der Waals surface area contributed by atoms with Crippen LogP contribution >= 0.6 is 0 Å². The Balaban J connectivity index is 1.93. The average molecular weight is 466 g/mol. The standard InChI is InChI=1S/C26H31N3O5/c1-26(2,3)24-12-16-11-23(34-10-6-9-33-5)18(20-7-8-27-28(20)4)13-17(16)21-14-22(30)19(25(31)32)15-29(21)24/h7-8,11,13-15,24H,6,9-10,12H2,1-5H3,(H,31,32). The summed E-state index contributed by atoms with van der Waals surface area (Å²) in [6.45, 7) is 7.49. The number of carbonyl (C=O) groups is 1. The molecule has 1 N–H and O–H groups in total. The molecule has 0 radical (unpaired) electrons. The normalized spacial score (nSPS) is 15.0. The number of nitrogens with zero attached hydrogens (tertiary/aromatic N) is 3. The fourth-order valence-corrected chi connectivity index (χ4v) is 4.59. The molecule has 180 valence electrons. The van der Waals surface area contributed by atoms with Crippen molar-refractivity contribution in [2.24, 2.45) is 12.5 Å². The Morgan fingerprint density at radius 1 is 1.18 bits per heavy atom. The Labute approximate surface area is 198 Å². The Morgan fingerprint density at radius 3 is 2.56 bits per heavy atom. The number of benzene rings is 1. The lowest BCUT2D eigenvalue weighted by atomic mass is 9.78. The molecule has 8 heteroatoms. The van der Waals surface area contributed by atoms with Crippen LogP contribution in [-0.2, 0) is 18.2 Å². The third-order valence-electron chi connectivity index (χ3n) is 6.39. The van der Waals surface area contributed by atoms with Crippen LogP contribution < -0.4 is 10.2 Å². The lowest BCUT2D eigenvalue weighted by Gasteiger charge is -2.39. The summed E-state index contributed by atoms with van der Waals surface area (Å²) in [5.41, 5.74) is 3.55. The number of rotatable bonds is 7. The zero-order valence-corrected chi connectivity index (χ0v) is 20.3. The van der Waals surface area contributed by atoms with Crippen molar-refractivity contribution in [3.05, 3.63) is 58.0 Å². The molecular formula is C26H31N3O5. The maximum absolute atomic E-state index is 12.7. The molecule has 0 amide bonds. The number of carboxylic acid groups (broad SMARTS) is 1. The van der Waals surface area contributed by atoms with Gasteiger partial charge in [-0.05, 0) is 35.6 Å². The van der Waals surface area contributed by atoms with E-state index < -0.39 is 11.4 Å². The molecule has 2 aromatic heterocycles. The fraction of sp³-hybridized carbons (Fsp3) is 0.423. The Bertz CT molecular complexity index is 1280. The van der Waals surface area contributed by atoms with Crippen molar-refractivity contribution < 1.29 is 19.4 Å². The lowest BCUT2D eigenvalue weighted by molar-refractivity contribution is 0.0693. The Morgan fingerprint density at radius 2 is 1.94 bits per heavy atom. The minimum absolute atomic E-state index is 0.0300. The molecule has 0 bridgehead atoms.